The van der Waals surface area contributed by atoms with Crippen LogP contribution in [0.3, 0.4) is 0 Å². The van der Waals surface area contributed by atoms with Crippen molar-refractivity contribution in [2.24, 2.45) is 0 Å². The van der Waals surface area contributed by atoms with Crippen LogP contribution >= 0.6 is 0 Å². The zero-order valence-electron chi connectivity index (χ0n) is 19.2. The molecule has 2 aromatic carbocycles. The molecule has 0 spiro atoms. The van der Waals surface area contributed by atoms with Gasteiger partial charge < -0.3 is 29.5 Å². The van der Waals surface area contributed by atoms with Gasteiger partial charge in [0.2, 0.25) is 11.8 Å². The van der Waals surface area contributed by atoms with Crippen molar-refractivity contribution in [3.8, 4) is 5.75 Å². The molecule has 3 aliphatic rings. The Labute approximate surface area is 198 Å². The van der Waals surface area contributed by atoms with Crippen molar-refractivity contribution in [1.82, 2.24) is 4.90 Å². The highest BCUT2D eigenvalue weighted by Crippen LogP contribution is 2.47. The van der Waals surface area contributed by atoms with Gasteiger partial charge in [-0.3, -0.25) is 9.59 Å². The van der Waals surface area contributed by atoms with Crippen LogP contribution in [0, 0.1) is 0 Å². The van der Waals surface area contributed by atoms with Gasteiger partial charge in [-0.15, -0.1) is 0 Å². The van der Waals surface area contributed by atoms with Crippen LogP contribution < -0.4 is 10.1 Å². The number of fused-ring (bicyclic) bond motifs is 4. The number of nitrogens with zero attached hydrogens (tertiary/aromatic N) is 1. The van der Waals surface area contributed by atoms with Gasteiger partial charge >= 0.3 is 0 Å². The summed E-state index contributed by atoms with van der Waals surface area (Å²) in [7, 11) is 1.47. The summed E-state index contributed by atoms with van der Waals surface area (Å²) < 4.78 is 17.1. The van der Waals surface area contributed by atoms with Crippen LogP contribution in [-0.4, -0.2) is 67.0 Å². The molecule has 0 unspecified atom stereocenters. The summed E-state index contributed by atoms with van der Waals surface area (Å²) in [6.45, 7) is 1.11. The first-order valence-electron chi connectivity index (χ1n) is 11.8. The number of aliphatic hydroxyl groups excluding tert-OH is 1. The third-order valence-corrected chi connectivity index (χ3v) is 6.94. The molecule has 1 fully saturated rings. The van der Waals surface area contributed by atoms with Crippen LogP contribution in [0.15, 0.2) is 42.5 Å². The van der Waals surface area contributed by atoms with E-state index in [0.717, 1.165) is 17.7 Å². The van der Waals surface area contributed by atoms with E-state index >= 15 is 0 Å². The number of amides is 2. The Bertz CT molecular complexity index is 1070. The van der Waals surface area contributed by atoms with E-state index in [1.807, 2.05) is 29.2 Å². The van der Waals surface area contributed by atoms with E-state index in [1.54, 1.807) is 6.07 Å². The monoisotopic (exact) mass is 466 g/mol. The van der Waals surface area contributed by atoms with Gasteiger partial charge in [-0.2, -0.15) is 0 Å². The van der Waals surface area contributed by atoms with Gasteiger partial charge in [0, 0.05) is 37.4 Å². The van der Waals surface area contributed by atoms with Gasteiger partial charge in [0.25, 0.3) is 0 Å². The highest BCUT2D eigenvalue weighted by Gasteiger charge is 2.46. The molecule has 5 rings (SSSR count). The molecule has 0 aromatic heterocycles. The highest BCUT2D eigenvalue weighted by atomic mass is 16.6. The summed E-state index contributed by atoms with van der Waals surface area (Å²) in [5.41, 5.74) is 4.13. The molecule has 3 aliphatic heterocycles. The summed E-state index contributed by atoms with van der Waals surface area (Å²) in [5.74, 6) is 0.528. The third kappa shape index (κ3) is 4.53. The van der Waals surface area contributed by atoms with Crippen LogP contribution in [-0.2, 0) is 32.0 Å². The smallest absolute Gasteiger partial charge is 0.250 e. The van der Waals surface area contributed by atoms with Crippen LogP contribution in [0.2, 0.25) is 0 Å². The summed E-state index contributed by atoms with van der Waals surface area (Å²) >= 11 is 0. The predicted molar refractivity (Wildman–Crippen MR) is 125 cm³/mol. The largest absolute Gasteiger partial charge is 0.487 e. The lowest BCUT2D eigenvalue weighted by molar-refractivity contribution is -0.149. The first-order chi connectivity index (χ1) is 16.6. The zero-order valence-corrected chi connectivity index (χ0v) is 19.2. The summed E-state index contributed by atoms with van der Waals surface area (Å²) in [6.07, 6.45) is 0.581. The summed E-state index contributed by atoms with van der Waals surface area (Å²) in [6, 6.07) is 13.8. The van der Waals surface area contributed by atoms with Gasteiger partial charge in [0.15, 0.2) is 0 Å². The number of nitrogens with one attached hydrogen (secondary N) is 1. The van der Waals surface area contributed by atoms with E-state index in [2.05, 4.69) is 17.4 Å². The Hall–Kier alpha value is -2.94. The first kappa shape index (κ1) is 22.8. The maximum absolute atomic E-state index is 13.1. The van der Waals surface area contributed by atoms with Crippen LogP contribution in [0.5, 0.6) is 5.75 Å². The number of hydrogen-bond donors (Lipinski definition) is 2. The van der Waals surface area contributed by atoms with Crippen LogP contribution in [0.25, 0.3) is 0 Å². The van der Waals surface area contributed by atoms with Crippen LogP contribution in [0.1, 0.15) is 35.4 Å². The van der Waals surface area contributed by atoms with Crippen molar-refractivity contribution in [3.05, 3.63) is 59.2 Å². The Balaban J connectivity index is 1.29. The molecular formula is C26H30N2O6. The molecule has 0 aliphatic carbocycles. The van der Waals surface area contributed by atoms with E-state index in [0.29, 0.717) is 25.2 Å². The molecule has 0 radical (unpaired) electrons. The topological polar surface area (TPSA) is 97.3 Å². The standard InChI is InChI=1S/C26H30N2O6/c1-32-15-24(30)27-18-6-7-22-20(10-18)21-11-19(33-23(14-29)26(21)34-22)12-25(31)28-9-8-16-4-2-3-5-17(16)13-28/h2-7,10,19,21,23,26,29H,8-9,11-15H2,1H3,(H,27,30)/t19-,21+,23+,26-/m0/s1. The Morgan fingerprint density at radius 1 is 1.21 bits per heavy atom. The minimum Gasteiger partial charge on any atom is -0.487 e. The van der Waals surface area contributed by atoms with Crippen molar-refractivity contribution < 1.29 is 28.9 Å². The lowest BCUT2D eigenvalue weighted by Crippen LogP contribution is -2.48. The molecule has 180 valence electrons. The molecule has 4 atom stereocenters. The normalized spacial score (nSPS) is 25.1. The Kier molecular flexibility index (Phi) is 6.54. The van der Waals surface area contributed by atoms with Crippen LogP contribution in [0.4, 0.5) is 5.69 Å². The highest BCUT2D eigenvalue weighted by molar-refractivity contribution is 5.92. The minimum atomic E-state index is -0.516. The van der Waals surface area contributed by atoms with Gasteiger partial charge in [-0.05, 0) is 42.2 Å². The fourth-order valence-corrected chi connectivity index (χ4v) is 5.33. The maximum Gasteiger partial charge on any atom is 0.250 e. The molecular weight excluding hydrogens is 436 g/mol. The van der Waals surface area contributed by atoms with Gasteiger partial charge in [0.1, 0.15) is 24.6 Å². The quantitative estimate of drug-likeness (QED) is 0.678. The zero-order chi connectivity index (χ0) is 23.7. The molecule has 0 bridgehead atoms. The fourth-order valence-electron chi connectivity index (χ4n) is 5.33. The Morgan fingerprint density at radius 3 is 2.82 bits per heavy atom. The molecule has 2 N–H and O–H groups in total. The number of ether oxygens (including phenoxy) is 3. The number of carbonyl (C=O) groups excluding carboxylic acids is 2. The number of methoxy groups -OCH3 is 1. The van der Waals surface area contributed by atoms with E-state index < -0.39 is 6.10 Å². The van der Waals surface area contributed by atoms with Gasteiger partial charge in [0.05, 0.1) is 19.1 Å². The summed E-state index contributed by atoms with van der Waals surface area (Å²) in [4.78, 5) is 27.0. The van der Waals surface area contributed by atoms with Gasteiger partial charge in [-0.1, -0.05) is 24.3 Å². The lowest BCUT2D eigenvalue weighted by Gasteiger charge is -2.38. The second-order valence-electron chi connectivity index (χ2n) is 9.18. The lowest BCUT2D eigenvalue weighted by atomic mass is 9.84. The van der Waals surface area contributed by atoms with E-state index in [4.69, 9.17) is 14.2 Å². The molecule has 2 aromatic rings. The molecule has 2 amide bonds. The molecule has 34 heavy (non-hydrogen) atoms. The molecule has 3 heterocycles. The van der Waals surface area contributed by atoms with Crippen molar-refractivity contribution in [2.45, 2.75) is 50.0 Å². The number of benzene rings is 2. The second-order valence-corrected chi connectivity index (χ2v) is 9.18. The summed E-state index contributed by atoms with van der Waals surface area (Å²) in [5, 5.41) is 12.8. The van der Waals surface area contributed by atoms with E-state index in [-0.39, 0.29) is 49.6 Å². The van der Waals surface area contributed by atoms with Crippen molar-refractivity contribution in [3.63, 3.8) is 0 Å². The van der Waals surface area contributed by atoms with Crippen molar-refractivity contribution in [2.75, 3.05) is 32.2 Å². The van der Waals surface area contributed by atoms with Crippen molar-refractivity contribution >= 4 is 17.5 Å². The second kappa shape index (κ2) is 9.74. The maximum atomic E-state index is 13.1. The van der Waals surface area contributed by atoms with E-state index in [9.17, 15) is 14.7 Å². The fraction of sp³-hybridized carbons (Fsp3) is 0.462. The average Bonchev–Trinajstić information content (AvgIpc) is 3.21. The number of carbonyl (C=O) groups is 2. The molecule has 1 saturated heterocycles. The van der Waals surface area contributed by atoms with E-state index in [1.165, 1.54) is 18.2 Å². The predicted octanol–water partition coefficient (Wildman–Crippen LogP) is 2.24. The molecule has 8 nitrogen and oxygen atoms in total. The number of aliphatic hydroxyl groups is 1. The number of hydrogen-bond acceptors (Lipinski definition) is 6. The number of rotatable bonds is 6. The first-order valence-corrected chi connectivity index (χ1v) is 11.8. The molecule has 8 heteroatoms. The molecule has 0 saturated carbocycles. The third-order valence-electron chi connectivity index (χ3n) is 6.94. The number of anilines is 1. The van der Waals surface area contributed by atoms with Gasteiger partial charge in [-0.25, -0.2) is 0 Å². The van der Waals surface area contributed by atoms with Crippen molar-refractivity contribution in [1.29, 1.82) is 0 Å². The average molecular weight is 467 g/mol. The Morgan fingerprint density at radius 2 is 2.03 bits per heavy atom. The SMILES string of the molecule is COCC(=O)Nc1ccc2c(c1)[C@H]1C[C@@H](CC(=O)N3CCc4ccccc4C3)O[C@H](CO)[C@H]1O2. The minimum absolute atomic E-state index is 0.0226.